The van der Waals surface area contributed by atoms with E-state index >= 15 is 0 Å². The molecular formula is C23H11BrF6. The van der Waals surface area contributed by atoms with Crippen LogP contribution in [0.15, 0.2) is 71.2 Å². The predicted octanol–water partition coefficient (Wildman–Crippen LogP) is 8.26. The monoisotopic (exact) mass is 480 g/mol. The van der Waals surface area contributed by atoms with Gasteiger partial charge in [0.15, 0.2) is 0 Å². The lowest BCUT2D eigenvalue weighted by Crippen LogP contribution is -2.43. The molecule has 0 nitrogen and oxygen atoms in total. The van der Waals surface area contributed by atoms with Crippen molar-refractivity contribution in [1.82, 2.24) is 0 Å². The van der Waals surface area contributed by atoms with Crippen molar-refractivity contribution in [1.29, 1.82) is 0 Å². The van der Waals surface area contributed by atoms with Crippen LogP contribution in [0.2, 0.25) is 0 Å². The van der Waals surface area contributed by atoms with E-state index in [1.807, 2.05) is 0 Å². The van der Waals surface area contributed by atoms with E-state index in [9.17, 15) is 26.3 Å². The lowest BCUT2D eigenvalue weighted by molar-refractivity contribution is -0.301. The smallest absolute Gasteiger partial charge is 0.194 e. The summed E-state index contributed by atoms with van der Waals surface area (Å²) in [6.07, 6.45) is 0. The second kappa shape index (κ2) is 6.00. The Balaban J connectivity index is 2.01. The van der Waals surface area contributed by atoms with Gasteiger partial charge in [-0.1, -0.05) is 64.5 Å². The minimum atomic E-state index is -5.55. The predicted molar refractivity (Wildman–Crippen MR) is 107 cm³/mol. The number of hydrogen-bond acceptors (Lipinski definition) is 0. The second-order valence-electron chi connectivity index (χ2n) is 7.29. The lowest BCUT2D eigenvalue weighted by Gasteiger charge is -2.23. The zero-order valence-electron chi connectivity index (χ0n) is 15.0. The van der Waals surface area contributed by atoms with Crippen LogP contribution in [0.25, 0.3) is 32.7 Å². The summed E-state index contributed by atoms with van der Waals surface area (Å²) >= 11 is 3.12. The van der Waals surface area contributed by atoms with Crippen molar-refractivity contribution in [3.05, 3.63) is 82.3 Å². The molecule has 0 unspecified atom stereocenters. The molecule has 0 amide bonds. The van der Waals surface area contributed by atoms with E-state index < -0.39 is 28.9 Å². The van der Waals surface area contributed by atoms with Crippen molar-refractivity contribution >= 4 is 37.5 Å². The first-order valence-corrected chi connectivity index (χ1v) is 9.75. The average molecular weight is 481 g/mol. The molecule has 0 saturated carbocycles. The molecule has 0 N–H and O–H groups in total. The SMILES string of the molecule is FC1(F)c2c(c3cc(-c4ccccc4)ccc3c3ccc(Br)cc23)C(F)(F)C1(F)F. The van der Waals surface area contributed by atoms with Crippen LogP contribution in [0.3, 0.4) is 0 Å². The van der Waals surface area contributed by atoms with Gasteiger partial charge >= 0.3 is 17.8 Å². The maximum absolute atomic E-state index is 14.9. The molecule has 30 heavy (non-hydrogen) atoms. The molecule has 0 spiro atoms. The lowest BCUT2D eigenvalue weighted by atomic mass is 9.90. The highest BCUT2D eigenvalue weighted by Crippen LogP contribution is 2.66. The van der Waals surface area contributed by atoms with E-state index in [-0.39, 0.29) is 21.5 Å². The fourth-order valence-electron chi connectivity index (χ4n) is 4.19. The van der Waals surface area contributed by atoms with Crippen molar-refractivity contribution in [3.63, 3.8) is 0 Å². The molecule has 0 heterocycles. The molecule has 0 radical (unpaired) electrons. The van der Waals surface area contributed by atoms with Gasteiger partial charge < -0.3 is 0 Å². The van der Waals surface area contributed by atoms with Crippen LogP contribution in [0.5, 0.6) is 0 Å². The van der Waals surface area contributed by atoms with E-state index in [4.69, 9.17) is 0 Å². The minimum absolute atomic E-state index is 0.208. The number of rotatable bonds is 1. The zero-order valence-corrected chi connectivity index (χ0v) is 16.6. The van der Waals surface area contributed by atoms with Gasteiger partial charge in [-0.15, -0.1) is 0 Å². The minimum Gasteiger partial charge on any atom is -0.194 e. The fourth-order valence-corrected chi connectivity index (χ4v) is 4.55. The van der Waals surface area contributed by atoms with Crippen molar-refractivity contribution in [2.75, 3.05) is 0 Å². The van der Waals surface area contributed by atoms with E-state index in [1.165, 1.54) is 24.3 Å². The molecule has 152 valence electrons. The normalized spacial score (nSPS) is 18.6. The van der Waals surface area contributed by atoms with Gasteiger partial charge in [0, 0.05) is 15.6 Å². The summed E-state index contributed by atoms with van der Waals surface area (Å²) in [5.74, 6) is -15.6. The number of benzene rings is 4. The van der Waals surface area contributed by atoms with Crippen molar-refractivity contribution in [2.45, 2.75) is 17.8 Å². The molecule has 0 bridgehead atoms. The van der Waals surface area contributed by atoms with Gasteiger partial charge in [-0.3, -0.25) is 0 Å². The largest absolute Gasteiger partial charge is 0.380 e. The Hall–Kier alpha value is -2.54. The first kappa shape index (κ1) is 19.4. The van der Waals surface area contributed by atoms with Gasteiger partial charge in [-0.05, 0) is 50.9 Å². The summed E-state index contributed by atoms with van der Waals surface area (Å²) in [5.41, 5.74) is -1.50. The van der Waals surface area contributed by atoms with E-state index in [1.54, 1.807) is 42.5 Å². The highest BCUT2D eigenvalue weighted by atomic mass is 79.9. The third-order valence-electron chi connectivity index (χ3n) is 5.60. The molecule has 1 aliphatic carbocycles. The van der Waals surface area contributed by atoms with Gasteiger partial charge in [0.2, 0.25) is 0 Å². The van der Waals surface area contributed by atoms with Crippen LogP contribution < -0.4 is 0 Å². The first-order chi connectivity index (χ1) is 14.1. The van der Waals surface area contributed by atoms with Crippen LogP contribution in [0.4, 0.5) is 26.3 Å². The van der Waals surface area contributed by atoms with Crippen molar-refractivity contribution in [2.24, 2.45) is 0 Å². The highest BCUT2D eigenvalue weighted by Gasteiger charge is 2.79. The molecular weight excluding hydrogens is 470 g/mol. The van der Waals surface area contributed by atoms with Crippen LogP contribution >= 0.6 is 15.9 Å². The summed E-state index contributed by atoms with van der Waals surface area (Å²) in [5, 5.41) is -0.201. The number of alkyl halides is 6. The molecule has 5 rings (SSSR count). The molecule has 0 atom stereocenters. The second-order valence-corrected chi connectivity index (χ2v) is 8.21. The maximum Gasteiger partial charge on any atom is 0.380 e. The zero-order chi connectivity index (χ0) is 21.5. The number of halogens is 7. The molecule has 0 aromatic heterocycles. The number of fused-ring (bicyclic) bond motifs is 6. The molecule has 0 saturated heterocycles. The Morgan fingerprint density at radius 3 is 1.67 bits per heavy atom. The topological polar surface area (TPSA) is 0 Å². The third kappa shape index (κ3) is 2.30. The molecule has 1 aliphatic rings. The maximum atomic E-state index is 14.9. The van der Waals surface area contributed by atoms with Gasteiger partial charge in [-0.2, -0.15) is 26.3 Å². The Bertz CT molecular complexity index is 1330. The highest BCUT2D eigenvalue weighted by molar-refractivity contribution is 9.10. The van der Waals surface area contributed by atoms with Gasteiger partial charge in [0.1, 0.15) is 0 Å². The Labute approximate surface area is 175 Å². The Morgan fingerprint density at radius 2 is 1.07 bits per heavy atom. The average Bonchev–Trinajstić information content (AvgIpc) is 2.82. The van der Waals surface area contributed by atoms with Crippen LogP contribution in [0.1, 0.15) is 11.1 Å². The molecule has 0 fully saturated rings. The van der Waals surface area contributed by atoms with Crippen molar-refractivity contribution in [3.8, 4) is 11.1 Å². The van der Waals surface area contributed by atoms with E-state index in [0.29, 0.717) is 15.6 Å². The summed E-state index contributed by atoms with van der Waals surface area (Å²) in [6, 6.07) is 17.4. The summed E-state index contributed by atoms with van der Waals surface area (Å²) in [6.45, 7) is 0. The van der Waals surface area contributed by atoms with E-state index in [0.717, 1.165) is 0 Å². The quantitative estimate of drug-likeness (QED) is 0.190. The number of hydrogen-bond donors (Lipinski definition) is 0. The summed E-state index contributed by atoms with van der Waals surface area (Å²) < 4.78 is 88.3. The molecule has 4 aromatic rings. The Morgan fingerprint density at radius 1 is 0.533 bits per heavy atom. The summed E-state index contributed by atoms with van der Waals surface area (Å²) in [4.78, 5) is 0. The molecule has 0 aliphatic heterocycles. The van der Waals surface area contributed by atoms with E-state index in [2.05, 4.69) is 15.9 Å². The first-order valence-electron chi connectivity index (χ1n) is 8.96. The molecule has 7 heteroatoms. The Kier molecular flexibility index (Phi) is 3.89. The standard InChI is InChI=1S/C23H11BrF6/c24-14-7-9-16-15-8-6-13(12-4-2-1-3-5-12)10-17(15)19-20(18(16)11-14)22(27,28)23(29,30)21(19,25)26/h1-11H. The van der Waals surface area contributed by atoms with Gasteiger partial charge in [-0.25, -0.2) is 0 Å². The molecule has 4 aromatic carbocycles. The third-order valence-corrected chi connectivity index (χ3v) is 6.10. The van der Waals surface area contributed by atoms with Crippen molar-refractivity contribution < 1.29 is 26.3 Å². The van der Waals surface area contributed by atoms with Gasteiger partial charge in [0.25, 0.3) is 0 Å². The van der Waals surface area contributed by atoms with Crippen LogP contribution in [-0.4, -0.2) is 5.92 Å². The summed E-state index contributed by atoms with van der Waals surface area (Å²) in [7, 11) is 0. The van der Waals surface area contributed by atoms with Crippen LogP contribution in [0, 0.1) is 0 Å². The van der Waals surface area contributed by atoms with Crippen LogP contribution in [-0.2, 0) is 11.8 Å². The van der Waals surface area contributed by atoms with Gasteiger partial charge in [0.05, 0.1) is 0 Å². The fraction of sp³-hybridized carbons (Fsp3) is 0.130.